The fourth-order valence-corrected chi connectivity index (χ4v) is 2.74. The van der Waals surface area contributed by atoms with Crippen LogP contribution in [0.4, 0.5) is 11.4 Å². The number of hydrogen-bond acceptors (Lipinski definition) is 5. The number of nitro benzene ring substituents is 1. The number of non-ortho nitro benzene ring substituents is 1. The Bertz CT molecular complexity index is 518. The number of carbonyl (C=O) groups excluding carboxylic acids is 1. The van der Waals surface area contributed by atoms with Crippen molar-refractivity contribution < 1.29 is 9.72 Å². The van der Waals surface area contributed by atoms with Crippen molar-refractivity contribution in [2.24, 2.45) is 0 Å². The van der Waals surface area contributed by atoms with Gasteiger partial charge in [0.25, 0.3) is 5.69 Å². The zero-order valence-electron chi connectivity index (χ0n) is 11.8. The SMILES string of the molecule is CC1CN(C)CCCN1c1ccc([N+](=O)[O-])cc1C=O. The Labute approximate surface area is 118 Å². The third-order valence-electron chi connectivity index (χ3n) is 3.71. The molecule has 1 saturated heterocycles. The fraction of sp³-hybridized carbons (Fsp3) is 0.500. The average Bonchev–Trinajstić information content (AvgIpc) is 2.58. The van der Waals surface area contributed by atoms with Gasteiger partial charge in [0, 0.05) is 42.5 Å². The minimum Gasteiger partial charge on any atom is -0.367 e. The maximum Gasteiger partial charge on any atom is 0.270 e. The molecule has 0 bridgehead atoms. The van der Waals surface area contributed by atoms with Gasteiger partial charge < -0.3 is 9.80 Å². The lowest BCUT2D eigenvalue weighted by molar-refractivity contribution is -0.384. The Hall–Kier alpha value is -1.95. The van der Waals surface area contributed by atoms with Gasteiger partial charge in [-0.25, -0.2) is 0 Å². The second-order valence-corrected chi connectivity index (χ2v) is 5.28. The van der Waals surface area contributed by atoms with Crippen molar-refractivity contribution in [3.05, 3.63) is 33.9 Å². The van der Waals surface area contributed by atoms with Crippen molar-refractivity contribution in [1.29, 1.82) is 0 Å². The molecule has 6 heteroatoms. The van der Waals surface area contributed by atoms with Gasteiger partial charge in [-0.1, -0.05) is 0 Å². The van der Waals surface area contributed by atoms with E-state index < -0.39 is 4.92 Å². The van der Waals surface area contributed by atoms with Crippen LogP contribution in [0.25, 0.3) is 0 Å². The molecule has 1 atom stereocenters. The van der Waals surface area contributed by atoms with Crippen LogP contribution in [0.15, 0.2) is 18.2 Å². The van der Waals surface area contributed by atoms with Gasteiger partial charge in [-0.15, -0.1) is 0 Å². The maximum atomic E-state index is 11.2. The predicted octanol–water partition coefficient (Wildman–Crippen LogP) is 1.94. The smallest absolute Gasteiger partial charge is 0.270 e. The summed E-state index contributed by atoms with van der Waals surface area (Å²) in [6.07, 6.45) is 1.71. The van der Waals surface area contributed by atoms with Crippen LogP contribution < -0.4 is 4.90 Å². The first-order valence-corrected chi connectivity index (χ1v) is 6.71. The molecule has 0 amide bonds. The van der Waals surface area contributed by atoms with E-state index in [0.717, 1.165) is 31.7 Å². The zero-order valence-corrected chi connectivity index (χ0v) is 11.8. The molecule has 0 N–H and O–H groups in total. The van der Waals surface area contributed by atoms with E-state index in [2.05, 4.69) is 23.8 Å². The lowest BCUT2D eigenvalue weighted by Gasteiger charge is -2.31. The Morgan fingerprint density at radius 2 is 2.15 bits per heavy atom. The molecule has 2 rings (SSSR count). The van der Waals surface area contributed by atoms with Gasteiger partial charge in [-0.3, -0.25) is 14.9 Å². The number of carbonyl (C=O) groups is 1. The van der Waals surface area contributed by atoms with Crippen molar-refractivity contribution in [1.82, 2.24) is 4.90 Å². The van der Waals surface area contributed by atoms with E-state index in [1.54, 1.807) is 6.07 Å². The highest BCUT2D eigenvalue weighted by Gasteiger charge is 2.23. The molecule has 1 heterocycles. The van der Waals surface area contributed by atoms with E-state index in [9.17, 15) is 14.9 Å². The highest BCUT2D eigenvalue weighted by molar-refractivity contribution is 5.86. The minimum absolute atomic E-state index is 0.0459. The van der Waals surface area contributed by atoms with Crippen LogP contribution >= 0.6 is 0 Å². The molecule has 108 valence electrons. The summed E-state index contributed by atoms with van der Waals surface area (Å²) < 4.78 is 0. The summed E-state index contributed by atoms with van der Waals surface area (Å²) in [5.41, 5.74) is 1.12. The topological polar surface area (TPSA) is 66.7 Å². The summed E-state index contributed by atoms with van der Waals surface area (Å²) in [5, 5.41) is 10.8. The lowest BCUT2D eigenvalue weighted by atomic mass is 10.1. The second-order valence-electron chi connectivity index (χ2n) is 5.28. The number of nitrogens with zero attached hydrogens (tertiary/aromatic N) is 3. The molecular weight excluding hydrogens is 258 g/mol. The quantitative estimate of drug-likeness (QED) is 0.480. The van der Waals surface area contributed by atoms with Gasteiger partial charge in [-0.2, -0.15) is 0 Å². The standard InChI is InChI=1S/C14H19N3O3/c1-11-9-15(2)6-3-7-16(11)14-5-4-13(17(19)20)8-12(14)10-18/h4-5,8,10-11H,3,6-7,9H2,1-2H3. The first kappa shape index (κ1) is 14.5. The first-order chi connectivity index (χ1) is 9.52. The highest BCUT2D eigenvalue weighted by atomic mass is 16.6. The van der Waals surface area contributed by atoms with Crippen LogP contribution in [-0.4, -0.2) is 48.8 Å². The highest BCUT2D eigenvalue weighted by Crippen LogP contribution is 2.27. The lowest BCUT2D eigenvalue weighted by Crippen LogP contribution is -2.38. The molecule has 1 aromatic carbocycles. The predicted molar refractivity (Wildman–Crippen MR) is 77.4 cm³/mol. The molecule has 0 saturated carbocycles. The van der Waals surface area contributed by atoms with Crippen molar-refractivity contribution in [2.45, 2.75) is 19.4 Å². The summed E-state index contributed by atoms with van der Waals surface area (Å²) in [6.45, 7) is 4.89. The van der Waals surface area contributed by atoms with Crippen LogP contribution in [0.5, 0.6) is 0 Å². The van der Waals surface area contributed by atoms with Gasteiger partial charge in [-0.05, 0) is 33.0 Å². The van der Waals surface area contributed by atoms with Crippen LogP contribution in [0.1, 0.15) is 23.7 Å². The number of nitro groups is 1. The number of likely N-dealkylation sites (N-methyl/N-ethyl adjacent to an activating group) is 1. The van der Waals surface area contributed by atoms with Crippen LogP contribution in [0, 0.1) is 10.1 Å². The molecule has 6 nitrogen and oxygen atoms in total. The Kier molecular flexibility index (Phi) is 4.34. The van der Waals surface area contributed by atoms with Crippen LogP contribution in [0.3, 0.4) is 0 Å². The molecule has 0 aromatic heterocycles. The molecular formula is C14H19N3O3. The van der Waals surface area contributed by atoms with Gasteiger partial charge in [0.2, 0.25) is 0 Å². The summed E-state index contributed by atoms with van der Waals surface area (Å²) in [6, 6.07) is 4.76. The number of hydrogen-bond donors (Lipinski definition) is 0. The molecule has 0 radical (unpaired) electrons. The summed E-state index contributed by atoms with van der Waals surface area (Å²) in [7, 11) is 2.08. The van der Waals surface area contributed by atoms with Crippen molar-refractivity contribution in [3.8, 4) is 0 Å². The first-order valence-electron chi connectivity index (χ1n) is 6.71. The minimum atomic E-state index is -0.476. The summed E-state index contributed by atoms with van der Waals surface area (Å²) >= 11 is 0. The number of rotatable bonds is 3. The molecule has 1 unspecified atom stereocenters. The second kappa shape index (κ2) is 6.00. The van der Waals surface area contributed by atoms with E-state index in [1.807, 2.05) is 0 Å². The fourth-order valence-electron chi connectivity index (χ4n) is 2.74. The van der Waals surface area contributed by atoms with Gasteiger partial charge >= 0.3 is 0 Å². The van der Waals surface area contributed by atoms with E-state index >= 15 is 0 Å². The van der Waals surface area contributed by atoms with Gasteiger partial charge in [0.1, 0.15) is 0 Å². The van der Waals surface area contributed by atoms with Crippen molar-refractivity contribution in [3.63, 3.8) is 0 Å². The van der Waals surface area contributed by atoms with Crippen LogP contribution in [0.2, 0.25) is 0 Å². The molecule has 0 spiro atoms. The Morgan fingerprint density at radius 3 is 2.80 bits per heavy atom. The number of anilines is 1. The van der Waals surface area contributed by atoms with E-state index in [4.69, 9.17) is 0 Å². The molecule has 1 aromatic rings. The number of benzene rings is 1. The van der Waals surface area contributed by atoms with E-state index in [0.29, 0.717) is 11.8 Å². The molecule has 1 aliphatic rings. The largest absolute Gasteiger partial charge is 0.367 e. The molecule has 0 aliphatic carbocycles. The monoisotopic (exact) mass is 277 g/mol. The van der Waals surface area contributed by atoms with Gasteiger partial charge in [0.15, 0.2) is 6.29 Å². The molecule has 1 aliphatic heterocycles. The van der Waals surface area contributed by atoms with Crippen molar-refractivity contribution >= 4 is 17.7 Å². The van der Waals surface area contributed by atoms with Gasteiger partial charge in [0.05, 0.1) is 4.92 Å². The normalized spacial score (nSPS) is 20.5. The van der Waals surface area contributed by atoms with E-state index in [-0.39, 0.29) is 11.7 Å². The third-order valence-corrected chi connectivity index (χ3v) is 3.71. The van der Waals surface area contributed by atoms with Crippen molar-refractivity contribution in [2.75, 3.05) is 31.6 Å². The average molecular weight is 277 g/mol. The molecule has 20 heavy (non-hydrogen) atoms. The summed E-state index contributed by atoms with van der Waals surface area (Å²) in [4.78, 5) is 26.0. The van der Waals surface area contributed by atoms with E-state index in [1.165, 1.54) is 12.1 Å². The Morgan fingerprint density at radius 1 is 1.40 bits per heavy atom. The number of aldehydes is 1. The molecule has 1 fully saturated rings. The summed E-state index contributed by atoms with van der Waals surface area (Å²) in [5.74, 6) is 0. The maximum absolute atomic E-state index is 11.2. The Balaban J connectivity index is 2.35. The van der Waals surface area contributed by atoms with Crippen LogP contribution in [-0.2, 0) is 0 Å². The third kappa shape index (κ3) is 2.96. The zero-order chi connectivity index (χ0) is 14.7.